The summed E-state index contributed by atoms with van der Waals surface area (Å²) in [6.07, 6.45) is 0.959. The number of nitrogen functional groups attached to an aromatic ring is 1. The van der Waals surface area contributed by atoms with Crippen molar-refractivity contribution in [3.63, 3.8) is 0 Å². The summed E-state index contributed by atoms with van der Waals surface area (Å²) in [4.78, 5) is 0. The van der Waals surface area contributed by atoms with E-state index in [9.17, 15) is 0 Å². The summed E-state index contributed by atoms with van der Waals surface area (Å²) in [7, 11) is 1.62. The Kier molecular flexibility index (Phi) is 5.32. The van der Waals surface area contributed by atoms with Crippen LogP contribution in [-0.4, -0.2) is 13.7 Å². The maximum Gasteiger partial charge on any atom is 0.161 e. The zero-order valence-electron chi connectivity index (χ0n) is 12.5. The van der Waals surface area contributed by atoms with E-state index in [4.69, 9.17) is 19.9 Å². The molecule has 0 spiro atoms. The molecule has 2 aromatic rings. The Hall–Kier alpha value is -2.36. The molecule has 112 valence electrons. The molecule has 0 saturated heterocycles. The predicted molar refractivity (Wildman–Crippen MR) is 84.0 cm³/mol. The minimum atomic E-state index is 0.411. The smallest absolute Gasteiger partial charge is 0.161 e. The molecule has 0 fully saturated rings. The van der Waals surface area contributed by atoms with Gasteiger partial charge in [-0.2, -0.15) is 0 Å². The number of para-hydroxylation sites is 2. The lowest BCUT2D eigenvalue weighted by Crippen LogP contribution is -2.01. The van der Waals surface area contributed by atoms with Crippen LogP contribution in [0.5, 0.6) is 17.2 Å². The molecule has 2 aromatic carbocycles. The molecule has 21 heavy (non-hydrogen) atoms. The van der Waals surface area contributed by atoms with E-state index in [0.717, 1.165) is 29.2 Å². The third kappa shape index (κ3) is 4.31. The van der Waals surface area contributed by atoms with Crippen molar-refractivity contribution in [1.29, 1.82) is 0 Å². The quantitative estimate of drug-likeness (QED) is 0.790. The van der Waals surface area contributed by atoms with Crippen LogP contribution in [0.2, 0.25) is 0 Å². The summed E-state index contributed by atoms with van der Waals surface area (Å²) in [5.41, 5.74) is 7.45. The SMILES string of the molecule is CCCOc1ccccc1OCc1cc(N)cc(OC)c1. The van der Waals surface area contributed by atoms with Crippen LogP contribution in [-0.2, 0) is 6.61 Å². The van der Waals surface area contributed by atoms with Crippen molar-refractivity contribution < 1.29 is 14.2 Å². The van der Waals surface area contributed by atoms with Gasteiger partial charge in [0.1, 0.15) is 12.4 Å². The summed E-state index contributed by atoms with van der Waals surface area (Å²) in [5.74, 6) is 2.21. The number of rotatable bonds is 7. The van der Waals surface area contributed by atoms with E-state index in [0.29, 0.717) is 18.9 Å². The summed E-state index contributed by atoms with van der Waals surface area (Å²) in [6.45, 7) is 3.16. The van der Waals surface area contributed by atoms with Gasteiger partial charge in [0.05, 0.1) is 13.7 Å². The molecule has 0 radical (unpaired) electrons. The van der Waals surface area contributed by atoms with Crippen LogP contribution in [0.3, 0.4) is 0 Å². The second-order valence-corrected chi connectivity index (χ2v) is 4.70. The van der Waals surface area contributed by atoms with Crippen LogP contribution >= 0.6 is 0 Å². The molecule has 0 saturated carbocycles. The first-order valence-corrected chi connectivity index (χ1v) is 7.01. The Morgan fingerprint density at radius 2 is 1.71 bits per heavy atom. The van der Waals surface area contributed by atoms with Crippen molar-refractivity contribution in [3.05, 3.63) is 48.0 Å². The Morgan fingerprint density at radius 3 is 2.38 bits per heavy atom. The lowest BCUT2D eigenvalue weighted by atomic mass is 10.2. The highest BCUT2D eigenvalue weighted by Gasteiger charge is 2.05. The first-order chi connectivity index (χ1) is 10.2. The fourth-order valence-electron chi connectivity index (χ4n) is 1.95. The standard InChI is InChI=1S/C17H21NO3/c1-3-8-20-16-6-4-5-7-17(16)21-12-13-9-14(18)11-15(10-13)19-2/h4-7,9-11H,3,8,12,18H2,1-2H3. The zero-order chi connectivity index (χ0) is 15.1. The van der Waals surface area contributed by atoms with Crippen molar-refractivity contribution in [2.75, 3.05) is 19.5 Å². The monoisotopic (exact) mass is 287 g/mol. The number of ether oxygens (including phenoxy) is 3. The van der Waals surface area contributed by atoms with E-state index in [1.807, 2.05) is 36.4 Å². The van der Waals surface area contributed by atoms with Crippen molar-refractivity contribution in [2.24, 2.45) is 0 Å². The van der Waals surface area contributed by atoms with Gasteiger partial charge in [0, 0.05) is 11.8 Å². The van der Waals surface area contributed by atoms with Gasteiger partial charge < -0.3 is 19.9 Å². The Bertz CT molecular complexity index is 584. The second-order valence-electron chi connectivity index (χ2n) is 4.70. The van der Waals surface area contributed by atoms with Crippen molar-refractivity contribution in [2.45, 2.75) is 20.0 Å². The summed E-state index contributed by atoms with van der Waals surface area (Å²) in [5, 5.41) is 0. The van der Waals surface area contributed by atoms with E-state index in [1.54, 1.807) is 13.2 Å². The van der Waals surface area contributed by atoms with Gasteiger partial charge in [0.2, 0.25) is 0 Å². The maximum atomic E-state index is 5.84. The van der Waals surface area contributed by atoms with Gasteiger partial charge in [-0.3, -0.25) is 0 Å². The lowest BCUT2D eigenvalue weighted by molar-refractivity contribution is 0.261. The highest BCUT2D eigenvalue weighted by molar-refractivity contribution is 5.47. The van der Waals surface area contributed by atoms with Gasteiger partial charge in [0.25, 0.3) is 0 Å². The number of hydrogen-bond donors (Lipinski definition) is 1. The molecule has 2 N–H and O–H groups in total. The number of methoxy groups -OCH3 is 1. The Morgan fingerprint density at radius 1 is 1.00 bits per heavy atom. The molecule has 0 atom stereocenters. The predicted octanol–water partition coefficient (Wildman–Crippen LogP) is 3.65. The lowest BCUT2D eigenvalue weighted by Gasteiger charge is -2.13. The fourth-order valence-corrected chi connectivity index (χ4v) is 1.95. The topological polar surface area (TPSA) is 53.7 Å². The van der Waals surface area contributed by atoms with Gasteiger partial charge in [0.15, 0.2) is 11.5 Å². The van der Waals surface area contributed by atoms with E-state index in [2.05, 4.69) is 6.92 Å². The largest absolute Gasteiger partial charge is 0.497 e. The van der Waals surface area contributed by atoms with Gasteiger partial charge >= 0.3 is 0 Å². The van der Waals surface area contributed by atoms with E-state index >= 15 is 0 Å². The zero-order valence-corrected chi connectivity index (χ0v) is 12.5. The summed E-state index contributed by atoms with van der Waals surface area (Å²) >= 11 is 0. The fraction of sp³-hybridized carbons (Fsp3) is 0.294. The molecular weight excluding hydrogens is 266 g/mol. The minimum absolute atomic E-state index is 0.411. The van der Waals surface area contributed by atoms with Crippen LogP contribution in [0.1, 0.15) is 18.9 Å². The van der Waals surface area contributed by atoms with Crippen molar-refractivity contribution in [3.8, 4) is 17.2 Å². The molecule has 0 heterocycles. The summed E-state index contributed by atoms with van der Waals surface area (Å²) in [6, 6.07) is 13.2. The van der Waals surface area contributed by atoms with Crippen LogP contribution in [0.4, 0.5) is 5.69 Å². The maximum absolute atomic E-state index is 5.84. The highest BCUT2D eigenvalue weighted by atomic mass is 16.5. The third-order valence-electron chi connectivity index (χ3n) is 2.93. The molecule has 0 amide bonds. The Balaban J connectivity index is 2.07. The number of benzene rings is 2. The molecule has 0 aromatic heterocycles. The van der Waals surface area contributed by atoms with Crippen LogP contribution in [0, 0.1) is 0 Å². The number of hydrogen-bond acceptors (Lipinski definition) is 4. The molecule has 0 aliphatic carbocycles. The van der Waals surface area contributed by atoms with Crippen molar-refractivity contribution in [1.82, 2.24) is 0 Å². The molecule has 0 aliphatic heterocycles. The van der Waals surface area contributed by atoms with E-state index in [1.165, 1.54) is 0 Å². The second kappa shape index (κ2) is 7.43. The average molecular weight is 287 g/mol. The molecular formula is C17H21NO3. The van der Waals surface area contributed by atoms with Gasteiger partial charge in [-0.05, 0) is 36.2 Å². The Labute approximate surface area is 125 Å². The molecule has 4 nitrogen and oxygen atoms in total. The number of nitrogens with two attached hydrogens (primary N) is 1. The van der Waals surface area contributed by atoms with Crippen LogP contribution < -0.4 is 19.9 Å². The van der Waals surface area contributed by atoms with Crippen LogP contribution in [0.15, 0.2) is 42.5 Å². The van der Waals surface area contributed by atoms with Gasteiger partial charge in [-0.15, -0.1) is 0 Å². The first-order valence-electron chi connectivity index (χ1n) is 7.01. The molecule has 0 unspecified atom stereocenters. The minimum Gasteiger partial charge on any atom is -0.497 e. The normalized spacial score (nSPS) is 10.2. The van der Waals surface area contributed by atoms with Crippen molar-refractivity contribution >= 4 is 5.69 Å². The summed E-state index contributed by atoms with van der Waals surface area (Å²) < 4.78 is 16.7. The van der Waals surface area contributed by atoms with E-state index < -0.39 is 0 Å². The third-order valence-corrected chi connectivity index (χ3v) is 2.93. The molecule has 2 rings (SSSR count). The van der Waals surface area contributed by atoms with E-state index in [-0.39, 0.29) is 0 Å². The van der Waals surface area contributed by atoms with Gasteiger partial charge in [-0.1, -0.05) is 19.1 Å². The molecule has 0 bridgehead atoms. The van der Waals surface area contributed by atoms with Gasteiger partial charge in [-0.25, -0.2) is 0 Å². The average Bonchev–Trinajstić information content (AvgIpc) is 2.51. The molecule has 0 aliphatic rings. The van der Waals surface area contributed by atoms with Crippen LogP contribution in [0.25, 0.3) is 0 Å². The number of anilines is 1. The first kappa shape index (κ1) is 15.0. The molecule has 4 heteroatoms. The highest BCUT2D eigenvalue weighted by Crippen LogP contribution is 2.28.